The maximum absolute atomic E-state index is 12.5. The van der Waals surface area contributed by atoms with Gasteiger partial charge in [0.1, 0.15) is 10.4 Å². The Labute approximate surface area is 175 Å². The number of rotatable bonds is 2. The molecule has 4 heterocycles. The molecule has 8 heteroatoms. The van der Waals surface area contributed by atoms with E-state index >= 15 is 0 Å². The second-order valence-corrected chi connectivity index (χ2v) is 9.92. The molecule has 0 saturated carbocycles. The Morgan fingerprint density at radius 2 is 2.10 bits per heavy atom. The molecule has 3 aromatic heterocycles. The number of nitrogens with zero attached hydrogens (tertiary/aromatic N) is 4. The minimum Gasteiger partial charge on any atom is -0.444 e. The fourth-order valence-corrected chi connectivity index (χ4v) is 5.28. The third-order valence-corrected chi connectivity index (χ3v) is 6.24. The van der Waals surface area contributed by atoms with Gasteiger partial charge in [-0.3, -0.25) is 4.68 Å². The van der Waals surface area contributed by atoms with E-state index in [-0.39, 0.29) is 12.1 Å². The number of nitrogens with one attached hydrogen (secondary N) is 1. The van der Waals surface area contributed by atoms with Crippen LogP contribution in [0, 0.1) is 13.8 Å². The van der Waals surface area contributed by atoms with Gasteiger partial charge in [-0.2, -0.15) is 5.10 Å². The number of hydrogen-bond donors (Lipinski definition) is 1. The molecule has 0 spiro atoms. The first kappa shape index (κ1) is 19.9. The van der Waals surface area contributed by atoms with Crippen LogP contribution in [0.25, 0.3) is 20.4 Å². The maximum atomic E-state index is 12.5. The second kappa shape index (κ2) is 7.16. The van der Waals surface area contributed by atoms with Crippen molar-refractivity contribution in [2.75, 3.05) is 18.4 Å². The van der Waals surface area contributed by atoms with Gasteiger partial charge in [0.05, 0.1) is 10.2 Å². The van der Waals surface area contributed by atoms with Gasteiger partial charge in [-0.1, -0.05) is 0 Å². The SMILES string of the molecule is Cc1cc(C)c2c(n1)sc1c(NC3CCCN(C(=O)OC(C)(C)C)C3)nn(C)c12. The highest BCUT2D eigenvalue weighted by Crippen LogP contribution is 2.39. The number of ether oxygens (including phenoxy) is 1. The Hall–Kier alpha value is -2.35. The molecule has 0 bridgehead atoms. The van der Waals surface area contributed by atoms with Crippen molar-refractivity contribution in [3.63, 3.8) is 0 Å². The van der Waals surface area contributed by atoms with Gasteiger partial charge < -0.3 is 15.0 Å². The summed E-state index contributed by atoms with van der Waals surface area (Å²) >= 11 is 1.68. The van der Waals surface area contributed by atoms with Crippen molar-refractivity contribution in [1.82, 2.24) is 19.7 Å². The van der Waals surface area contributed by atoms with Gasteiger partial charge in [0.15, 0.2) is 5.82 Å². The van der Waals surface area contributed by atoms with Crippen LogP contribution >= 0.6 is 11.3 Å². The first-order valence-corrected chi connectivity index (χ1v) is 10.9. The van der Waals surface area contributed by atoms with Gasteiger partial charge in [0.25, 0.3) is 0 Å². The van der Waals surface area contributed by atoms with Crippen LogP contribution in [0.4, 0.5) is 10.6 Å². The number of fused-ring (bicyclic) bond motifs is 3. The first-order valence-electron chi connectivity index (χ1n) is 10.1. The monoisotopic (exact) mass is 415 g/mol. The molecule has 1 fully saturated rings. The van der Waals surface area contributed by atoms with E-state index < -0.39 is 5.60 Å². The Balaban J connectivity index is 1.59. The average Bonchev–Trinajstić information content (AvgIpc) is 3.12. The summed E-state index contributed by atoms with van der Waals surface area (Å²) < 4.78 is 8.61. The van der Waals surface area contributed by atoms with Crippen molar-refractivity contribution in [2.24, 2.45) is 7.05 Å². The number of anilines is 1. The number of piperidine rings is 1. The van der Waals surface area contributed by atoms with Crippen LogP contribution in [0.5, 0.6) is 0 Å². The zero-order valence-electron chi connectivity index (χ0n) is 18.0. The van der Waals surface area contributed by atoms with E-state index in [9.17, 15) is 4.79 Å². The Bertz CT molecular complexity index is 1080. The quantitative estimate of drug-likeness (QED) is 0.662. The van der Waals surface area contributed by atoms with Crippen LogP contribution in [0.15, 0.2) is 6.07 Å². The molecule has 156 valence electrons. The Morgan fingerprint density at radius 3 is 2.83 bits per heavy atom. The van der Waals surface area contributed by atoms with Gasteiger partial charge >= 0.3 is 6.09 Å². The van der Waals surface area contributed by atoms with E-state index in [2.05, 4.69) is 18.3 Å². The molecule has 4 rings (SSSR count). The Kier molecular flexibility index (Phi) is 4.93. The lowest BCUT2D eigenvalue weighted by atomic mass is 10.1. The fraction of sp³-hybridized carbons (Fsp3) is 0.571. The van der Waals surface area contributed by atoms with E-state index in [0.717, 1.165) is 45.9 Å². The van der Waals surface area contributed by atoms with Crippen LogP contribution in [-0.4, -0.2) is 50.5 Å². The third kappa shape index (κ3) is 3.90. The highest BCUT2D eigenvalue weighted by Gasteiger charge is 2.29. The summed E-state index contributed by atoms with van der Waals surface area (Å²) in [5.41, 5.74) is 2.90. The van der Waals surface area contributed by atoms with Crippen LogP contribution < -0.4 is 5.32 Å². The highest BCUT2D eigenvalue weighted by atomic mass is 32.1. The third-order valence-electron chi connectivity index (χ3n) is 5.16. The summed E-state index contributed by atoms with van der Waals surface area (Å²) in [6.07, 6.45) is 1.70. The summed E-state index contributed by atoms with van der Waals surface area (Å²) in [7, 11) is 1.98. The molecule has 1 unspecified atom stereocenters. The molecule has 1 saturated heterocycles. The number of aryl methyl sites for hydroxylation is 3. The molecule has 29 heavy (non-hydrogen) atoms. The van der Waals surface area contributed by atoms with Crippen LogP contribution in [-0.2, 0) is 11.8 Å². The normalized spacial score (nSPS) is 17.9. The van der Waals surface area contributed by atoms with Crippen molar-refractivity contribution in [2.45, 2.75) is 59.1 Å². The van der Waals surface area contributed by atoms with E-state index in [1.165, 1.54) is 10.9 Å². The predicted molar refractivity (Wildman–Crippen MR) is 118 cm³/mol. The van der Waals surface area contributed by atoms with E-state index in [0.29, 0.717) is 6.54 Å². The first-order chi connectivity index (χ1) is 13.6. The van der Waals surface area contributed by atoms with Crippen LogP contribution in [0.1, 0.15) is 44.9 Å². The molecule has 1 aliphatic rings. The minimum absolute atomic E-state index is 0.148. The molecule has 1 N–H and O–H groups in total. The van der Waals surface area contributed by atoms with Crippen LogP contribution in [0.3, 0.4) is 0 Å². The summed E-state index contributed by atoms with van der Waals surface area (Å²) in [5.74, 6) is 0.874. The highest BCUT2D eigenvalue weighted by molar-refractivity contribution is 7.26. The largest absolute Gasteiger partial charge is 0.444 e. The number of hydrogen-bond acceptors (Lipinski definition) is 6. The fourth-order valence-electron chi connectivity index (χ4n) is 4.01. The Morgan fingerprint density at radius 1 is 1.34 bits per heavy atom. The van der Waals surface area contributed by atoms with Crippen molar-refractivity contribution in [1.29, 1.82) is 0 Å². The number of carbonyl (C=O) groups excluding carboxylic acids is 1. The smallest absolute Gasteiger partial charge is 0.410 e. The summed E-state index contributed by atoms with van der Waals surface area (Å²) in [4.78, 5) is 20.0. The van der Waals surface area contributed by atoms with E-state index in [1.54, 1.807) is 16.2 Å². The average molecular weight is 416 g/mol. The number of thiophene rings is 1. The van der Waals surface area contributed by atoms with E-state index in [4.69, 9.17) is 14.8 Å². The summed E-state index contributed by atoms with van der Waals surface area (Å²) in [6, 6.07) is 2.27. The molecule has 1 aliphatic heterocycles. The van der Waals surface area contributed by atoms with Crippen LogP contribution in [0.2, 0.25) is 0 Å². The molecule has 0 aliphatic carbocycles. The van der Waals surface area contributed by atoms with Crippen molar-refractivity contribution >= 4 is 43.7 Å². The summed E-state index contributed by atoms with van der Waals surface area (Å²) in [5, 5.41) is 9.51. The molecular formula is C21H29N5O2S. The van der Waals surface area contributed by atoms with Gasteiger partial charge in [0.2, 0.25) is 0 Å². The minimum atomic E-state index is -0.481. The van der Waals surface area contributed by atoms with E-state index in [1.807, 2.05) is 39.4 Å². The lowest BCUT2D eigenvalue weighted by Gasteiger charge is -2.34. The van der Waals surface area contributed by atoms with Gasteiger partial charge in [-0.05, 0) is 59.1 Å². The number of likely N-dealkylation sites (tertiary alicyclic amines) is 1. The molecule has 0 aromatic carbocycles. The molecule has 1 amide bonds. The molecule has 1 atom stereocenters. The summed E-state index contributed by atoms with van der Waals surface area (Å²) in [6.45, 7) is 11.2. The van der Waals surface area contributed by atoms with Crippen molar-refractivity contribution < 1.29 is 9.53 Å². The zero-order chi connectivity index (χ0) is 20.9. The molecular weight excluding hydrogens is 386 g/mol. The number of carbonyl (C=O) groups is 1. The molecule has 0 radical (unpaired) electrons. The zero-order valence-corrected chi connectivity index (χ0v) is 18.8. The van der Waals surface area contributed by atoms with Crippen molar-refractivity contribution in [3.8, 4) is 0 Å². The number of aromatic nitrogens is 3. The second-order valence-electron chi connectivity index (χ2n) is 8.92. The van der Waals surface area contributed by atoms with Crippen molar-refractivity contribution in [3.05, 3.63) is 17.3 Å². The maximum Gasteiger partial charge on any atom is 0.410 e. The molecule has 3 aromatic rings. The lowest BCUT2D eigenvalue weighted by molar-refractivity contribution is 0.0206. The lowest BCUT2D eigenvalue weighted by Crippen LogP contribution is -2.47. The predicted octanol–water partition coefficient (Wildman–Crippen LogP) is 4.61. The number of pyridine rings is 1. The van der Waals surface area contributed by atoms with Gasteiger partial charge in [0, 0.05) is 37.3 Å². The topological polar surface area (TPSA) is 72.3 Å². The van der Waals surface area contributed by atoms with Gasteiger partial charge in [-0.15, -0.1) is 11.3 Å². The van der Waals surface area contributed by atoms with Gasteiger partial charge in [-0.25, -0.2) is 9.78 Å². The number of amides is 1. The molecule has 7 nitrogen and oxygen atoms in total. The standard InChI is InChI=1S/C21H29N5O2S/c1-12-10-13(2)22-19-15(12)16-17(29-19)18(24-25(16)6)23-14-8-7-9-26(11-14)20(27)28-21(3,4)5/h10,14H,7-9,11H2,1-6H3,(H,23,24).